The number of nitrogens with zero attached hydrogens (tertiary/aromatic N) is 2. The second-order valence-corrected chi connectivity index (χ2v) is 6.54. The maximum atomic E-state index is 13.1. The zero-order valence-corrected chi connectivity index (χ0v) is 15.6. The van der Waals surface area contributed by atoms with Crippen LogP contribution < -0.4 is 5.43 Å². The van der Waals surface area contributed by atoms with Gasteiger partial charge in [0.05, 0.1) is 10.7 Å². The van der Waals surface area contributed by atoms with E-state index < -0.39 is 17.2 Å². The minimum atomic E-state index is -0.900. The van der Waals surface area contributed by atoms with E-state index in [0.29, 0.717) is 22.0 Å². The van der Waals surface area contributed by atoms with E-state index in [9.17, 15) is 14.0 Å². The van der Waals surface area contributed by atoms with Crippen LogP contribution in [0, 0.1) is 12.7 Å². The van der Waals surface area contributed by atoms with Crippen LogP contribution in [-0.2, 0) is 11.3 Å². The van der Waals surface area contributed by atoms with Crippen molar-refractivity contribution in [2.24, 2.45) is 0 Å². The molecule has 8 heteroatoms. The highest BCUT2D eigenvalue weighted by Gasteiger charge is 2.17. The normalized spacial score (nSPS) is 10.7. The third-order valence-electron chi connectivity index (χ3n) is 3.75. The number of ether oxygens (including phenoxy) is 1. The van der Waals surface area contributed by atoms with E-state index in [-0.39, 0.29) is 17.3 Å². The lowest BCUT2D eigenvalue weighted by Gasteiger charge is -2.11. The lowest BCUT2D eigenvalue weighted by molar-refractivity contribution is 0.0462. The van der Waals surface area contributed by atoms with Crippen LogP contribution in [0.5, 0.6) is 0 Å². The number of aryl methyl sites for hydroxylation is 1. The first-order valence-corrected chi connectivity index (χ1v) is 8.59. The molecule has 1 aromatic heterocycles. The zero-order valence-electron chi connectivity index (χ0n) is 14.1. The molecule has 5 nitrogen and oxygen atoms in total. The van der Waals surface area contributed by atoms with E-state index in [1.54, 1.807) is 31.2 Å². The molecule has 0 N–H and O–H groups in total. The molecule has 0 saturated heterocycles. The molecule has 0 aliphatic rings. The van der Waals surface area contributed by atoms with Gasteiger partial charge in [-0.15, -0.1) is 0 Å². The largest absolute Gasteiger partial charge is 0.456 e. The molecule has 0 radical (unpaired) electrons. The van der Waals surface area contributed by atoms with Gasteiger partial charge in [-0.3, -0.25) is 4.79 Å². The van der Waals surface area contributed by atoms with E-state index >= 15 is 0 Å². The maximum absolute atomic E-state index is 13.1. The van der Waals surface area contributed by atoms with Gasteiger partial charge in [-0.1, -0.05) is 29.3 Å². The number of benzene rings is 2. The van der Waals surface area contributed by atoms with Gasteiger partial charge < -0.3 is 4.74 Å². The second-order valence-electron chi connectivity index (χ2n) is 5.70. The first kappa shape index (κ1) is 19.1. The van der Waals surface area contributed by atoms with Gasteiger partial charge in [-0.05, 0) is 43.3 Å². The van der Waals surface area contributed by atoms with E-state index in [1.807, 2.05) is 0 Å². The van der Waals surface area contributed by atoms with Crippen molar-refractivity contribution in [3.63, 3.8) is 0 Å². The Kier molecular flexibility index (Phi) is 5.58. The Bertz CT molecular complexity index is 1070. The second kappa shape index (κ2) is 7.90. The summed E-state index contributed by atoms with van der Waals surface area (Å²) in [6, 6.07) is 11.8. The Hall–Kier alpha value is -2.70. The third-order valence-corrected chi connectivity index (χ3v) is 4.35. The third kappa shape index (κ3) is 4.35. The van der Waals surface area contributed by atoms with Crippen molar-refractivity contribution in [2.45, 2.75) is 13.5 Å². The lowest BCUT2D eigenvalue weighted by atomic mass is 10.2. The molecule has 3 aromatic rings. The lowest BCUT2D eigenvalue weighted by Crippen LogP contribution is -2.24. The number of rotatable bonds is 4. The van der Waals surface area contributed by atoms with Gasteiger partial charge >= 0.3 is 5.97 Å². The summed E-state index contributed by atoms with van der Waals surface area (Å²) in [5.41, 5.74) is 0.659. The molecular formula is C19H13Cl2FN2O3. The molecule has 0 aliphatic heterocycles. The highest BCUT2D eigenvalue weighted by Crippen LogP contribution is 2.18. The van der Waals surface area contributed by atoms with Gasteiger partial charge in [0.1, 0.15) is 12.4 Å². The summed E-state index contributed by atoms with van der Waals surface area (Å²) >= 11 is 11.8. The zero-order chi connectivity index (χ0) is 19.6. The van der Waals surface area contributed by atoms with Crippen molar-refractivity contribution in [1.82, 2.24) is 9.78 Å². The first-order valence-electron chi connectivity index (χ1n) is 7.83. The average molecular weight is 407 g/mol. The molecule has 27 heavy (non-hydrogen) atoms. The molecule has 0 fully saturated rings. The molecule has 0 atom stereocenters. The van der Waals surface area contributed by atoms with E-state index in [4.69, 9.17) is 27.9 Å². The smallest absolute Gasteiger partial charge is 0.363 e. The van der Waals surface area contributed by atoms with Crippen molar-refractivity contribution >= 4 is 29.2 Å². The summed E-state index contributed by atoms with van der Waals surface area (Å²) in [5.74, 6) is -1.40. The minimum absolute atomic E-state index is 0.123. The molecule has 0 amide bonds. The minimum Gasteiger partial charge on any atom is -0.456 e. The molecular weight excluding hydrogens is 394 g/mol. The van der Waals surface area contributed by atoms with Crippen LogP contribution in [-0.4, -0.2) is 15.7 Å². The summed E-state index contributed by atoms with van der Waals surface area (Å²) in [6.45, 7) is 1.48. The number of aromatic nitrogens is 2. The van der Waals surface area contributed by atoms with E-state index in [0.717, 1.165) is 6.07 Å². The van der Waals surface area contributed by atoms with Gasteiger partial charge in [0.15, 0.2) is 0 Å². The fourth-order valence-corrected chi connectivity index (χ4v) is 2.73. The monoisotopic (exact) mass is 406 g/mol. The van der Waals surface area contributed by atoms with Crippen LogP contribution in [0.1, 0.15) is 21.7 Å². The first-order chi connectivity index (χ1) is 12.8. The fourth-order valence-electron chi connectivity index (χ4n) is 2.38. The van der Waals surface area contributed by atoms with Crippen molar-refractivity contribution in [3.05, 3.63) is 91.6 Å². The Morgan fingerprint density at radius 3 is 2.52 bits per heavy atom. The summed E-state index contributed by atoms with van der Waals surface area (Å²) < 4.78 is 19.6. The van der Waals surface area contributed by atoms with Gasteiger partial charge in [0, 0.05) is 22.3 Å². The summed E-state index contributed by atoms with van der Waals surface area (Å²) in [6.07, 6.45) is 0. The molecule has 0 bridgehead atoms. The maximum Gasteiger partial charge on any atom is 0.363 e. The van der Waals surface area contributed by atoms with Crippen molar-refractivity contribution in [2.75, 3.05) is 0 Å². The van der Waals surface area contributed by atoms with Crippen molar-refractivity contribution < 1.29 is 13.9 Å². The van der Waals surface area contributed by atoms with Crippen LogP contribution in [0.25, 0.3) is 5.69 Å². The SMILES string of the molecule is Cc1cc(=O)c(C(=O)OCc2ccc(F)cc2Cl)nn1-c1ccc(Cl)cc1. The van der Waals surface area contributed by atoms with Crippen LogP contribution >= 0.6 is 23.2 Å². The number of halogens is 3. The molecule has 0 unspecified atom stereocenters. The number of hydrogen-bond acceptors (Lipinski definition) is 4. The summed E-state index contributed by atoms with van der Waals surface area (Å²) in [4.78, 5) is 24.5. The van der Waals surface area contributed by atoms with Gasteiger partial charge in [0.25, 0.3) is 0 Å². The van der Waals surface area contributed by atoms with Gasteiger partial charge in [-0.2, -0.15) is 5.10 Å². The standard InChI is InChI=1S/C19H13Cl2FN2O3/c1-11-8-17(25)18(23-24(11)15-6-3-13(20)4-7-15)19(26)27-10-12-2-5-14(22)9-16(12)21/h2-9H,10H2,1H3. The molecule has 2 aromatic carbocycles. The molecule has 0 aliphatic carbocycles. The predicted molar refractivity (Wildman–Crippen MR) is 100 cm³/mol. The predicted octanol–water partition coefficient (Wildman–Crippen LogP) is 4.34. The highest BCUT2D eigenvalue weighted by atomic mass is 35.5. The number of esters is 1. The topological polar surface area (TPSA) is 61.2 Å². The van der Waals surface area contributed by atoms with Gasteiger partial charge in [-0.25, -0.2) is 13.9 Å². The average Bonchev–Trinajstić information content (AvgIpc) is 2.62. The Balaban J connectivity index is 1.87. The quantitative estimate of drug-likeness (QED) is 0.604. The molecule has 1 heterocycles. The summed E-state index contributed by atoms with van der Waals surface area (Å²) in [5, 5.41) is 4.79. The van der Waals surface area contributed by atoms with E-state index in [2.05, 4.69) is 5.10 Å². The highest BCUT2D eigenvalue weighted by molar-refractivity contribution is 6.31. The Labute approximate surface area is 163 Å². The van der Waals surface area contributed by atoms with Crippen LogP contribution in [0.15, 0.2) is 53.3 Å². The van der Waals surface area contributed by atoms with Crippen LogP contribution in [0.2, 0.25) is 10.0 Å². The number of carbonyl (C=O) groups excluding carboxylic acids is 1. The van der Waals surface area contributed by atoms with Crippen LogP contribution in [0.3, 0.4) is 0 Å². The number of carbonyl (C=O) groups is 1. The Morgan fingerprint density at radius 2 is 1.85 bits per heavy atom. The van der Waals surface area contributed by atoms with Crippen molar-refractivity contribution in [3.8, 4) is 5.69 Å². The molecule has 0 saturated carbocycles. The van der Waals surface area contributed by atoms with Crippen molar-refractivity contribution in [1.29, 1.82) is 0 Å². The molecule has 0 spiro atoms. The van der Waals surface area contributed by atoms with Gasteiger partial charge in [0.2, 0.25) is 11.1 Å². The van der Waals surface area contributed by atoms with E-state index in [1.165, 1.54) is 22.9 Å². The number of hydrogen-bond donors (Lipinski definition) is 0. The summed E-state index contributed by atoms with van der Waals surface area (Å²) in [7, 11) is 0. The molecule has 3 rings (SSSR count). The van der Waals surface area contributed by atoms with Crippen LogP contribution in [0.4, 0.5) is 4.39 Å². The molecule has 138 valence electrons. The fraction of sp³-hybridized carbons (Fsp3) is 0.105. The Morgan fingerprint density at radius 1 is 1.15 bits per heavy atom.